The largest absolute Gasteiger partial charge is 0.322 e. The van der Waals surface area contributed by atoms with Crippen LogP contribution in [0.1, 0.15) is 45.5 Å². The van der Waals surface area contributed by atoms with Crippen LogP contribution in [-0.2, 0) is 6.42 Å². The van der Waals surface area contributed by atoms with E-state index in [1.54, 1.807) is 30.5 Å². The topological polar surface area (TPSA) is 86.4 Å². The average Bonchev–Trinajstić information content (AvgIpc) is 3.31. The molecule has 2 aliphatic rings. The summed E-state index contributed by atoms with van der Waals surface area (Å²) in [4.78, 5) is 32.7. The molecule has 1 unspecified atom stereocenters. The van der Waals surface area contributed by atoms with Gasteiger partial charge in [0.05, 0.1) is 10.6 Å². The van der Waals surface area contributed by atoms with Crippen LogP contribution in [0.5, 0.6) is 0 Å². The molecule has 4 aromatic rings. The number of anilines is 3. The minimum atomic E-state index is -0.550. The highest BCUT2D eigenvalue weighted by molar-refractivity contribution is 6.34. The highest BCUT2D eigenvalue weighted by Crippen LogP contribution is 2.47. The van der Waals surface area contributed by atoms with E-state index in [4.69, 9.17) is 11.6 Å². The van der Waals surface area contributed by atoms with Crippen LogP contribution >= 0.6 is 11.6 Å². The lowest BCUT2D eigenvalue weighted by atomic mass is 9.76. The molecular weight excluding hydrogens is 553 g/mol. The van der Waals surface area contributed by atoms with E-state index in [2.05, 4.69) is 33.3 Å². The number of hydrazine groups is 1. The fourth-order valence-electron chi connectivity index (χ4n) is 5.79. The first-order chi connectivity index (χ1) is 20.4. The minimum absolute atomic E-state index is 0.0389. The number of amides is 2. The summed E-state index contributed by atoms with van der Waals surface area (Å²) in [5.41, 5.74) is 10.7. The van der Waals surface area contributed by atoms with Gasteiger partial charge in [-0.1, -0.05) is 41.9 Å². The third-order valence-electron chi connectivity index (χ3n) is 7.97. The second-order valence-electron chi connectivity index (χ2n) is 10.6. The van der Waals surface area contributed by atoms with Crippen LogP contribution in [0.4, 0.5) is 21.6 Å². The average molecular weight is 582 g/mol. The molecule has 0 bridgehead atoms. The van der Waals surface area contributed by atoms with Crippen molar-refractivity contribution in [1.29, 1.82) is 0 Å². The van der Waals surface area contributed by atoms with Crippen molar-refractivity contribution < 1.29 is 14.0 Å². The predicted molar refractivity (Wildman–Crippen MR) is 163 cm³/mol. The zero-order valence-electron chi connectivity index (χ0n) is 22.7. The predicted octanol–water partition coefficient (Wildman–Crippen LogP) is 7.00. The molecule has 1 spiro atoms. The molecule has 1 aliphatic heterocycles. The van der Waals surface area contributed by atoms with E-state index in [0.717, 1.165) is 54.5 Å². The van der Waals surface area contributed by atoms with Crippen molar-refractivity contribution in [2.45, 2.75) is 25.7 Å². The van der Waals surface area contributed by atoms with Gasteiger partial charge in [-0.2, -0.15) is 0 Å². The molecule has 0 saturated heterocycles. The summed E-state index contributed by atoms with van der Waals surface area (Å²) in [5.74, 6) is -0.457. The maximum atomic E-state index is 13.9. The molecule has 6 rings (SSSR count). The maximum absolute atomic E-state index is 13.9. The van der Waals surface area contributed by atoms with Crippen LogP contribution in [0.25, 0.3) is 0 Å². The van der Waals surface area contributed by atoms with Crippen molar-refractivity contribution >= 4 is 40.6 Å². The van der Waals surface area contributed by atoms with Crippen LogP contribution in [0.2, 0.25) is 5.02 Å². The number of aromatic nitrogens is 1. The van der Waals surface area contributed by atoms with Gasteiger partial charge < -0.3 is 15.6 Å². The summed E-state index contributed by atoms with van der Waals surface area (Å²) in [6.45, 7) is 0.551. The molecule has 0 saturated carbocycles. The van der Waals surface area contributed by atoms with Gasteiger partial charge in [0.15, 0.2) is 0 Å². The molecule has 1 atom stereocenters. The number of fused-ring (bicyclic) bond motifs is 1. The molecule has 3 N–H and O–H groups in total. The molecule has 0 radical (unpaired) electrons. The SMILES string of the molecule is O=C(Nc1ccc(C(=O)N2CCC3(CCC=C3NNc3ccccn3)Cc3ccccc32)cc1)c1cc(F)ccc1Cl. The third-order valence-corrected chi connectivity index (χ3v) is 8.30. The Balaban J connectivity index is 1.19. The number of carbonyl (C=O) groups excluding carboxylic acids is 2. The number of benzene rings is 3. The van der Waals surface area contributed by atoms with Gasteiger partial charge >= 0.3 is 0 Å². The molecule has 2 heterocycles. The van der Waals surface area contributed by atoms with Gasteiger partial charge in [0.25, 0.3) is 11.8 Å². The van der Waals surface area contributed by atoms with Gasteiger partial charge in [0.2, 0.25) is 0 Å². The number of pyridine rings is 1. The van der Waals surface area contributed by atoms with Gasteiger partial charge in [-0.25, -0.2) is 9.37 Å². The molecule has 1 aliphatic carbocycles. The Kier molecular flexibility index (Phi) is 7.63. The number of nitrogens with one attached hydrogen (secondary N) is 3. The van der Waals surface area contributed by atoms with Crippen LogP contribution in [-0.4, -0.2) is 23.3 Å². The Morgan fingerprint density at radius 1 is 0.929 bits per heavy atom. The zero-order valence-corrected chi connectivity index (χ0v) is 23.5. The van der Waals surface area contributed by atoms with Crippen molar-refractivity contribution in [3.05, 3.63) is 130 Å². The smallest absolute Gasteiger partial charge is 0.258 e. The standard InChI is InChI=1S/C33H29ClFN5O2/c34-27-15-12-24(35)20-26(27)31(41)37-25-13-10-22(11-14-25)32(42)40-19-17-33(21-23-6-1-2-7-28(23)40)16-5-8-29(33)38-39-30-9-3-4-18-36-30/h1-4,6-15,18,20,38H,5,16-17,19,21H2,(H,36,39)(H,37,41). The van der Waals surface area contributed by atoms with Crippen LogP contribution < -0.4 is 21.1 Å². The quantitative estimate of drug-likeness (QED) is 0.213. The summed E-state index contributed by atoms with van der Waals surface area (Å²) in [6.07, 6.45) is 7.52. The number of hydrogen-bond donors (Lipinski definition) is 3. The molecule has 212 valence electrons. The van der Waals surface area contributed by atoms with E-state index in [-0.39, 0.29) is 21.9 Å². The molecule has 9 heteroatoms. The van der Waals surface area contributed by atoms with Crippen molar-refractivity contribution in [1.82, 2.24) is 10.4 Å². The molecule has 7 nitrogen and oxygen atoms in total. The first kappa shape index (κ1) is 27.5. The van der Waals surface area contributed by atoms with E-state index in [9.17, 15) is 14.0 Å². The monoisotopic (exact) mass is 581 g/mol. The van der Waals surface area contributed by atoms with E-state index >= 15 is 0 Å². The van der Waals surface area contributed by atoms with Crippen molar-refractivity contribution in [2.24, 2.45) is 5.41 Å². The van der Waals surface area contributed by atoms with Crippen molar-refractivity contribution in [2.75, 3.05) is 22.2 Å². The summed E-state index contributed by atoms with van der Waals surface area (Å²) in [5, 5.41) is 2.87. The van der Waals surface area contributed by atoms with Crippen LogP contribution in [0, 0.1) is 11.2 Å². The number of para-hydroxylation sites is 1. The molecule has 0 fully saturated rings. The Morgan fingerprint density at radius 2 is 1.74 bits per heavy atom. The van der Waals surface area contributed by atoms with Crippen molar-refractivity contribution in [3.8, 4) is 0 Å². The van der Waals surface area contributed by atoms with Gasteiger partial charge in [0.1, 0.15) is 11.6 Å². The highest BCUT2D eigenvalue weighted by Gasteiger charge is 2.41. The number of hydrogen-bond acceptors (Lipinski definition) is 5. The number of carbonyl (C=O) groups is 2. The highest BCUT2D eigenvalue weighted by atomic mass is 35.5. The molecular formula is C33H29ClFN5O2. The Morgan fingerprint density at radius 3 is 2.55 bits per heavy atom. The Labute approximate surface area is 248 Å². The van der Waals surface area contributed by atoms with Gasteiger partial charge in [-0.15, -0.1) is 0 Å². The lowest BCUT2D eigenvalue weighted by molar-refractivity contribution is 0.0983. The molecule has 3 aromatic carbocycles. The minimum Gasteiger partial charge on any atom is -0.322 e. The van der Waals surface area contributed by atoms with Crippen LogP contribution in [0.3, 0.4) is 0 Å². The normalized spacial score (nSPS) is 17.7. The third kappa shape index (κ3) is 5.58. The van der Waals surface area contributed by atoms with Crippen LogP contribution in [0.15, 0.2) is 103 Å². The van der Waals surface area contributed by atoms with E-state index in [0.29, 0.717) is 17.8 Å². The summed E-state index contributed by atoms with van der Waals surface area (Å²) in [7, 11) is 0. The lowest BCUT2D eigenvalue weighted by Gasteiger charge is -2.32. The number of halogens is 2. The first-order valence-electron chi connectivity index (χ1n) is 13.8. The van der Waals surface area contributed by atoms with Gasteiger partial charge in [-0.3, -0.25) is 15.0 Å². The number of allylic oxidation sites excluding steroid dienone is 2. The number of rotatable bonds is 6. The Bertz CT molecular complexity index is 1660. The van der Waals surface area contributed by atoms with E-state index in [1.807, 2.05) is 41.3 Å². The molecule has 42 heavy (non-hydrogen) atoms. The fourth-order valence-corrected chi connectivity index (χ4v) is 6.00. The second kappa shape index (κ2) is 11.7. The molecule has 2 amide bonds. The van der Waals surface area contributed by atoms with Gasteiger partial charge in [0, 0.05) is 40.8 Å². The zero-order chi connectivity index (χ0) is 29.1. The summed E-state index contributed by atoms with van der Waals surface area (Å²) in [6, 6.07) is 24.1. The first-order valence-corrected chi connectivity index (χ1v) is 14.2. The second-order valence-corrected chi connectivity index (χ2v) is 11.0. The lowest BCUT2D eigenvalue weighted by Crippen LogP contribution is -2.37. The summed E-state index contributed by atoms with van der Waals surface area (Å²) >= 11 is 6.07. The fraction of sp³-hybridized carbons (Fsp3) is 0.182. The van der Waals surface area contributed by atoms with E-state index < -0.39 is 11.7 Å². The van der Waals surface area contributed by atoms with Crippen molar-refractivity contribution in [3.63, 3.8) is 0 Å². The molecule has 1 aromatic heterocycles. The van der Waals surface area contributed by atoms with Gasteiger partial charge in [-0.05, 0) is 91.9 Å². The summed E-state index contributed by atoms with van der Waals surface area (Å²) < 4.78 is 13.6. The number of nitrogens with zero attached hydrogens (tertiary/aromatic N) is 2. The Hall–Kier alpha value is -4.69. The maximum Gasteiger partial charge on any atom is 0.258 e. The van der Waals surface area contributed by atoms with E-state index in [1.165, 1.54) is 12.1 Å².